The predicted molar refractivity (Wildman–Crippen MR) is 79.0 cm³/mol. The van der Waals surface area contributed by atoms with Gasteiger partial charge in [-0.1, -0.05) is 12.1 Å². The second-order valence-corrected chi connectivity index (χ2v) is 5.24. The molecule has 1 saturated heterocycles. The van der Waals surface area contributed by atoms with Crippen LogP contribution >= 0.6 is 0 Å². The number of rotatable bonds is 6. The quantitative estimate of drug-likeness (QED) is 0.671. The van der Waals surface area contributed by atoms with Gasteiger partial charge in [0.2, 0.25) is 5.91 Å². The Balaban J connectivity index is 1.78. The second-order valence-electron chi connectivity index (χ2n) is 5.24. The Labute approximate surface area is 124 Å². The SMILES string of the molecule is Nc1ccccc1OCCC(=O)NC1(CO)CCOCC1. The molecule has 2 rings (SSSR count). The van der Waals surface area contributed by atoms with Gasteiger partial charge in [0.05, 0.1) is 30.9 Å². The summed E-state index contributed by atoms with van der Waals surface area (Å²) in [5.41, 5.74) is 5.75. The third-order valence-electron chi connectivity index (χ3n) is 3.66. The molecule has 6 nitrogen and oxygen atoms in total. The molecule has 1 aliphatic heterocycles. The summed E-state index contributed by atoms with van der Waals surface area (Å²) in [6, 6.07) is 7.17. The van der Waals surface area contributed by atoms with Crippen LogP contribution in [0.2, 0.25) is 0 Å². The minimum absolute atomic E-state index is 0.0748. The van der Waals surface area contributed by atoms with Crippen LogP contribution in [0, 0.1) is 0 Å². The highest BCUT2D eigenvalue weighted by atomic mass is 16.5. The lowest BCUT2D eigenvalue weighted by Gasteiger charge is -2.36. The van der Waals surface area contributed by atoms with Crippen LogP contribution < -0.4 is 15.8 Å². The number of para-hydroxylation sites is 2. The third kappa shape index (κ3) is 4.34. The van der Waals surface area contributed by atoms with E-state index >= 15 is 0 Å². The number of amides is 1. The van der Waals surface area contributed by atoms with E-state index in [1.165, 1.54) is 0 Å². The summed E-state index contributed by atoms with van der Waals surface area (Å²) in [5, 5.41) is 12.4. The summed E-state index contributed by atoms with van der Waals surface area (Å²) in [6.45, 7) is 1.28. The number of hydrogen-bond acceptors (Lipinski definition) is 5. The van der Waals surface area contributed by atoms with Gasteiger partial charge in [0, 0.05) is 13.2 Å². The number of aliphatic hydroxyl groups is 1. The Morgan fingerprint density at radius 1 is 1.38 bits per heavy atom. The standard InChI is InChI=1S/C15H22N2O4/c16-12-3-1-2-4-13(12)21-8-5-14(19)17-15(11-18)6-9-20-10-7-15/h1-4,18H,5-11,16H2,(H,17,19). The van der Waals surface area contributed by atoms with Crippen LogP contribution in [0.1, 0.15) is 19.3 Å². The van der Waals surface area contributed by atoms with Crippen LogP contribution in [0.25, 0.3) is 0 Å². The van der Waals surface area contributed by atoms with Gasteiger partial charge in [0.15, 0.2) is 0 Å². The van der Waals surface area contributed by atoms with Gasteiger partial charge in [-0.25, -0.2) is 0 Å². The fraction of sp³-hybridized carbons (Fsp3) is 0.533. The monoisotopic (exact) mass is 294 g/mol. The summed E-state index contributed by atoms with van der Waals surface area (Å²) in [7, 11) is 0. The molecule has 1 aromatic rings. The van der Waals surface area contributed by atoms with Crippen molar-refractivity contribution >= 4 is 11.6 Å². The number of nitrogen functional groups attached to an aromatic ring is 1. The summed E-state index contributed by atoms with van der Waals surface area (Å²) in [6.07, 6.45) is 1.47. The zero-order valence-electron chi connectivity index (χ0n) is 12.0. The first kappa shape index (κ1) is 15.6. The zero-order chi connectivity index (χ0) is 15.1. The number of aliphatic hydroxyl groups excluding tert-OH is 1. The summed E-state index contributed by atoms with van der Waals surface area (Å²) < 4.78 is 10.7. The lowest BCUT2D eigenvalue weighted by Crippen LogP contribution is -2.54. The summed E-state index contributed by atoms with van der Waals surface area (Å²) in [5.74, 6) is 0.439. The highest BCUT2D eigenvalue weighted by Crippen LogP contribution is 2.21. The molecule has 0 bridgehead atoms. The Morgan fingerprint density at radius 2 is 2.10 bits per heavy atom. The van der Waals surface area contributed by atoms with Crippen molar-refractivity contribution in [2.45, 2.75) is 24.8 Å². The highest BCUT2D eigenvalue weighted by molar-refractivity contribution is 5.77. The van der Waals surface area contributed by atoms with Crippen molar-refractivity contribution in [3.63, 3.8) is 0 Å². The van der Waals surface area contributed by atoms with Crippen LogP contribution in [-0.2, 0) is 9.53 Å². The van der Waals surface area contributed by atoms with E-state index in [-0.39, 0.29) is 25.5 Å². The fourth-order valence-electron chi connectivity index (χ4n) is 2.31. The molecule has 0 saturated carbocycles. The summed E-state index contributed by atoms with van der Waals surface area (Å²) in [4.78, 5) is 12.0. The smallest absolute Gasteiger partial charge is 0.223 e. The third-order valence-corrected chi connectivity index (χ3v) is 3.66. The molecule has 1 fully saturated rings. The number of benzene rings is 1. The number of nitrogens with one attached hydrogen (secondary N) is 1. The van der Waals surface area contributed by atoms with Crippen molar-refractivity contribution in [3.8, 4) is 5.75 Å². The first-order chi connectivity index (χ1) is 10.2. The highest BCUT2D eigenvalue weighted by Gasteiger charge is 2.33. The van der Waals surface area contributed by atoms with Gasteiger partial charge in [-0.2, -0.15) is 0 Å². The second kappa shape index (κ2) is 7.28. The van der Waals surface area contributed by atoms with E-state index in [0.29, 0.717) is 37.5 Å². The van der Waals surface area contributed by atoms with E-state index < -0.39 is 5.54 Å². The van der Waals surface area contributed by atoms with Gasteiger partial charge >= 0.3 is 0 Å². The van der Waals surface area contributed by atoms with Crippen molar-refractivity contribution in [2.75, 3.05) is 32.2 Å². The van der Waals surface area contributed by atoms with Gasteiger partial charge in [-0.15, -0.1) is 0 Å². The molecule has 0 radical (unpaired) electrons. The van der Waals surface area contributed by atoms with E-state index in [0.717, 1.165) is 0 Å². The van der Waals surface area contributed by atoms with Crippen LogP contribution in [0.4, 0.5) is 5.69 Å². The topological polar surface area (TPSA) is 93.8 Å². The molecular weight excluding hydrogens is 272 g/mol. The molecule has 6 heteroatoms. The number of anilines is 1. The number of ether oxygens (including phenoxy) is 2. The molecule has 116 valence electrons. The van der Waals surface area contributed by atoms with Crippen LogP contribution in [0.5, 0.6) is 5.75 Å². The predicted octanol–water partition coefficient (Wildman–Crippen LogP) is 0.695. The van der Waals surface area contributed by atoms with Crippen molar-refractivity contribution in [3.05, 3.63) is 24.3 Å². The first-order valence-electron chi connectivity index (χ1n) is 7.12. The summed E-state index contributed by atoms with van der Waals surface area (Å²) >= 11 is 0. The van der Waals surface area contributed by atoms with E-state index in [4.69, 9.17) is 15.2 Å². The fourth-order valence-corrected chi connectivity index (χ4v) is 2.31. The minimum Gasteiger partial charge on any atom is -0.491 e. The zero-order valence-corrected chi connectivity index (χ0v) is 12.0. The maximum absolute atomic E-state index is 12.0. The van der Waals surface area contributed by atoms with Crippen LogP contribution in [0.3, 0.4) is 0 Å². The molecule has 1 heterocycles. The molecule has 1 aliphatic rings. The van der Waals surface area contributed by atoms with Crippen LogP contribution in [0.15, 0.2) is 24.3 Å². The Kier molecular flexibility index (Phi) is 5.41. The number of hydrogen-bond donors (Lipinski definition) is 3. The van der Waals surface area contributed by atoms with Gasteiger partial charge in [-0.05, 0) is 25.0 Å². The minimum atomic E-state index is -0.554. The molecular formula is C15H22N2O4. The molecule has 1 aromatic carbocycles. The lowest BCUT2D eigenvalue weighted by atomic mass is 9.91. The average Bonchev–Trinajstić information content (AvgIpc) is 2.50. The Bertz CT molecular complexity index is 472. The van der Waals surface area contributed by atoms with Crippen molar-refractivity contribution in [1.29, 1.82) is 0 Å². The molecule has 0 unspecified atom stereocenters. The normalized spacial score (nSPS) is 17.2. The number of carbonyl (C=O) groups excluding carboxylic acids is 1. The first-order valence-corrected chi connectivity index (χ1v) is 7.12. The Hall–Kier alpha value is -1.79. The van der Waals surface area contributed by atoms with Crippen LogP contribution in [-0.4, -0.2) is 43.0 Å². The molecule has 0 spiro atoms. The molecule has 0 aromatic heterocycles. The van der Waals surface area contributed by atoms with Crippen molar-refractivity contribution in [2.24, 2.45) is 0 Å². The van der Waals surface area contributed by atoms with Gasteiger partial charge in [0.25, 0.3) is 0 Å². The number of nitrogens with two attached hydrogens (primary N) is 1. The van der Waals surface area contributed by atoms with Gasteiger partial charge in [-0.3, -0.25) is 4.79 Å². The molecule has 4 N–H and O–H groups in total. The van der Waals surface area contributed by atoms with Gasteiger partial charge < -0.3 is 25.6 Å². The average molecular weight is 294 g/mol. The molecule has 0 aliphatic carbocycles. The lowest BCUT2D eigenvalue weighted by molar-refractivity contribution is -0.125. The van der Waals surface area contributed by atoms with Gasteiger partial charge in [0.1, 0.15) is 5.75 Å². The van der Waals surface area contributed by atoms with Crippen molar-refractivity contribution in [1.82, 2.24) is 5.32 Å². The molecule has 0 atom stereocenters. The largest absolute Gasteiger partial charge is 0.491 e. The Morgan fingerprint density at radius 3 is 2.76 bits per heavy atom. The molecule has 1 amide bonds. The maximum atomic E-state index is 12.0. The van der Waals surface area contributed by atoms with E-state index in [1.807, 2.05) is 12.1 Å². The van der Waals surface area contributed by atoms with E-state index in [2.05, 4.69) is 5.32 Å². The van der Waals surface area contributed by atoms with E-state index in [9.17, 15) is 9.90 Å². The molecule has 21 heavy (non-hydrogen) atoms. The number of carbonyl (C=O) groups is 1. The van der Waals surface area contributed by atoms with Crippen molar-refractivity contribution < 1.29 is 19.4 Å². The maximum Gasteiger partial charge on any atom is 0.223 e. The van der Waals surface area contributed by atoms with E-state index in [1.54, 1.807) is 12.1 Å².